The standard InChI is InChI=1S/C20H21FN2O2/c1-13(2)17-9-4-14(3)10-19(17)25-12-20(24)23-18(11-22)15-5-7-16(21)8-6-15/h4-10,13,18H,12H2,1-3H3,(H,23,24)/t18-/m0/s1. The Hall–Kier alpha value is -2.87. The molecular weight excluding hydrogens is 319 g/mol. The molecule has 0 bridgehead atoms. The Labute approximate surface area is 147 Å². The van der Waals surface area contributed by atoms with Gasteiger partial charge in [0.2, 0.25) is 0 Å². The summed E-state index contributed by atoms with van der Waals surface area (Å²) in [5.74, 6) is 0.132. The first kappa shape index (κ1) is 18.5. The van der Waals surface area contributed by atoms with E-state index in [4.69, 9.17) is 4.74 Å². The second-order valence-electron chi connectivity index (χ2n) is 6.17. The third-order valence-corrected chi connectivity index (χ3v) is 3.79. The third kappa shape index (κ3) is 5.05. The highest BCUT2D eigenvalue weighted by Gasteiger charge is 2.15. The fourth-order valence-corrected chi connectivity index (χ4v) is 2.43. The van der Waals surface area contributed by atoms with Gasteiger partial charge >= 0.3 is 0 Å². The van der Waals surface area contributed by atoms with E-state index in [0.29, 0.717) is 11.3 Å². The molecule has 0 radical (unpaired) electrons. The number of hydrogen-bond donors (Lipinski definition) is 1. The molecule has 1 atom stereocenters. The molecule has 1 amide bonds. The fourth-order valence-electron chi connectivity index (χ4n) is 2.43. The zero-order chi connectivity index (χ0) is 18.4. The van der Waals surface area contributed by atoms with Gasteiger partial charge in [-0.1, -0.05) is 38.1 Å². The number of halogens is 1. The number of benzene rings is 2. The summed E-state index contributed by atoms with van der Waals surface area (Å²) >= 11 is 0. The third-order valence-electron chi connectivity index (χ3n) is 3.79. The van der Waals surface area contributed by atoms with E-state index in [1.165, 1.54) is 24.3 Å². The van der Waals surface area contributed by atoms with E-state index in [0.717, 1.165) is 11.1 Å². The molecular formula is C20H21FN2O2. The van der Waals surface area contributed by atoms with Crippen molar-refractivity contribution in [1.29, 1.82) is 5.26 Å². The fraction of sp³-hybridized carbons (Fsp3) is 0.300. The summed E-state index contributed by atoms with van der Waals surface area (Å²) in [6, 6.07) is 12.5. The number of carbonyl (C=O) groups is 1. The summed E-state index contributed by atoms with van der Waals surface area (Å²) < 4.78 is 18.6. The van der Waals surface area contributed by atoms with Crippen molar-refractivity contribution in [3.8, 4) is 11.8 Å². The molecule has 5 heteroatoms. The molecule has 0 spiro atoms. The maximum atomic E-state index is 13.0. The molecule has 0 aromatic heterocycles. The first-order chi connectivity index (χ1) is 11.9. The minimum absolute atomic E-state index is 0.192. The van der Waals surface area contributed by atoms with Crippen LogP contribution in [0.4, 0.5) is 4.39 Å². The van der Waals surface area contributed by atoms with Crippen molar-refractivity contribution < 1.29 is 13.9 Å². The molecule has 0 heterocycles. The van der Waals surface area contributed by atoms with Crippen LogP contribution in [0.5, 0.6) is 5.75 Å². The lowest BCUT2D eigenvalue weighted by molar-refractivity contribution is -0.123. The van der Waals surface area contributed by atoms with Gasteiger partial charge in [-0.3, -0.25) is 4.79 Å². The largest absolute Gasteiger partial charge is 0.483 e. The molecule has 0 aliphatic rings. The van der Waals surface area contributed by atoms with Gasteiger partial charge in [0.05, 0.1) is 6.07 Å². The van der Waals surface area contributed by atoms with Crippen molar-refractivity contribution in [3.63, 3.8) is 0 Å². The Morgan fingerprint density at radius 3 is 2.52 bits per heavy atom. The van der Waals surface area contributed by atoms with E-state index in [-0.39, 0.29) is 12.5 Å². The van der Waals surface area contributed by atoms with Crippen LogP contribution in [-0.2, 0) is 4.79 Å². The van der Waals surface area contributed by atoms with Gasteiger partial charge in [-0.25, -0.2) is 4.39 Å². The zero-order valence-electron chi connectivity index (χ0n) is 14.5. The molecule has 0 saturated heterocycles. The van der Waals surface area contributed by atoms with Gasteiger partial charge in [0.1, 0.15) is 17.6 Å². The highest BCUT2D eigenvalue weighted by molar-refractivity contribution is 5.78. The van der Waals surface area contributed by atoms with Crippen molar-refractivity contribution in [1.82, 2.24) is 5.32 Å². The van der Waals surface area contributed by atoms with Crippen molar-refractivity contribution in [2.75, 3.05) is 6.61 Å². The summed E-state index contributed by atoms with van der Waals surface area (Å²) in [6.45, 7) is 5.87. The molecule has 2 aromatic rings. The van der Waals surface area contributed by atoms with Gasteiger partial charge in [0.25, 0.3) is 5.91 Å². The average Bonchev–Trinajstić information content (AvgIpc) is 2.58. The number of rotatable bonds is 6. The molecule has 4 nitrogen and oxygen atoms in total. The minimum atomic E-state index is -0.848. The molecule has 0 saturated carbocycles. The van der Waals surface area contributed by atoms with Gasteiger partial charge in [-0.05, 0) is 47.7 Å². The Morgan fingerprint density at radius 2 is 1.92 bits per heavy atom. The molecule has 1 N–H and O–H groups in total. The summed E-state index contributed by atoms with van der Waals surface area (Å²) in [4.78, 5) is 12.1. The van der Waals surface area contributed by atoms with Crippen LogP contribution >= 0.6 is 0 Å². The second kappa shape index (κ2) is 8.29. The van der Waals surface area contributed by atoms with Crippen molar-refractivity contribution in [2.24, 2.45) is 0 Å². The number of nitriles is 1. The monoisotopic (exact) mass is 340 g/mol. The topological polar surface area (TPSA) is 62.1 Å². The SMILES string of the molecule is Cc1ccc(C(C)C)c(OCC(=O)N[C@@H](C#N)c2ccc(F)cc2)c1. The van der Waals surface area contributed by atoms with E-state index >= 15 is 0 Å². The van der Waals surface area contributed by atoms with Crippen LogP contribution in [0, 0.1) is 24.1 Å². The molecule has 130 valence electrons. The summed E-state index contributed by atoms with van der Waals surface area (Å²) in [6.07, 6.45) is 0. The second-order valence-corrected chi connectivity index (χ2v) is 6.17. The van der Waals surface area contributed by atoms with E-state index in [9.17, 15) is 14.4 Å². The van der Waals surface area contributed by atoms with Crippen molar-refractivity contribution >= 4 is 5.91 Å². The predicted octanol–water partition coefficient (Wildman–Crippen LogP) is 4.02. The maximum Gasteiger partial charge on any atom is 0.259 e. The summed E-state index contributed by atoms with van der Waals surface area (Å²) in [5.41, 5.74) is 2.59. The number of carbonyl (C=O) groups excluding carboxylic acids is 1. The van der Waals surface area contributed by atoms with Gasteiger partial charge in [-0.15, -0.1) is 0 Å². The van der Waals surface area contributed by atoms with E-state index < -0.39 is 17.8 Å². The molecule has 2 rings (SSSR count). The lowest BCUT2D eigenvalue weighted by Crippen LogP contribution is -2.32. The minimum Gasteiger partial charge on any atom is -0.483 e. The highest BCUT2D eigenvalue weighted by Crippen LogP contribution is 2.27. The number of aryl methyl sites for hydroxylation is 1. The van der Waals surface area contributed by atoms with Gasteiger partial charge in [-0.2, -0.15) is 5.26 Å². The first-order valence-electron chi connectivity index (χ1n) is 8.08. The van der Waals surface area contributed by atoms with Crippen molar-refractivity contribution in [3.05, 3.63) is 65.0 Å². The van der Waals surface area contributed by atoms with Crippen molar-refractivity contribution in [2.45, 2.75) is 32.7 Å². The number of hydrogen-bond acceptors (Lipinski definition) is 3. The van der Waals surface area contributed by atoms with E-state index in [1.54, 1.807) is 0 Å². The highest BCUT2D eigenvalue weighted by atomic mass is 19.1. The number of nitrogens with zero attached hydrogens (tertiary/aromatic N) is 1. The molecule has 0 aliphatic carbocycles. The number of ether oxygens (including phenoxy) is 1. The lowest BCUT2D eigenvalue weighted by atomic mass is 10.0. The predicted molar refractivity (Wildman–Crippen MR) is 93.7 cm³/mol. The van der Waals surface area contributed by atoms with Gasteiger partial charge in [0, 0.05) is 0 Å². The molecule has 0 unspecified atom stereocenters. The smallest absolute Gasteiger partial charge is 0.259 e. The van der Waals surface area contributed by atoms with Crippen LogP contribution in [0.25, 0.3) is 0 Å². The van der Waals surface area contributed by atoms with Crippen LogP contribution in [0.2, 0.25) is 0 Å². The molecule has 2 aromatic carbocycles. The van der Waals surface area contributed by atoms with Crippen LogP contribution in [-0.4, -0.2) is 12.5 Å². The number of amides is 1. The molecule has 0 fully saturated rings. The Morgan fingerprint density at radius 1 is 1.24 bits per heavy atom. The van der Waals surface area contributed by atoms with Crippen LogP contribution < -0.4 is 10.1 Å². The first-order valence-corrected chi connectivity index (χ1v) is 8.08. The van der Waals surface area contributed by atoms with Crippen LogP contribution in [0.3, 0.4) is 0 Å². The molecule has 25 heavy (non-hydrogen) atoms. The van der Waals surface area contributed by atoms with E-state index in [1.807, 2.05) is 31.2 Å². The normalized spacial score (nSPS) is 11.7. The number of nitrogens with one attached hydrogen (secondary N) is 1. The maximum absolute atomic E-state index is 13.0. The summed E-state index contributed by atoms with van der Waals surface area (Å²) in [7, 11) is 0. The Bertz CT molecular complexity index is 779. The lowest BCUT2D eigenvalue weighted by Gasteiger charge is -2.16. The summed E-state index contributed by atoms with van der Waals surface area (Å²) in [5, 5.41) is 11.8. The molecule has 0 aliphatic heterocycles. The van der Waals surface area contributed by atoms with E-state index in [2.05, 4.69) is 19.2 Å². The average molecular weight is 340 g/mol. The Balaban J connectivity index is 2.02. The Kier molecular flexibility index (Phi) is 6.13. The van der Waals surface area contributed by atoms with Gasteiger partial charge in [0.15, 0.2) is 6.61 Å². The van der Waals surface area contributed by atoms with Crippen LogP contribution in [0.15, 0.2) is 42.5 Å². The van der Waals surface area contributed by atoms with Gasteiger partial charge < -0.3 is 10.1 Å². The van der Waals surface area contributed by atoms with Crippen LogP contribution in [0.1, 0.15) is 42.5 Å². The quantitative estimate of drug-likeness (QED) is 0.864. The zero-order valence-corrected chi connectivity index (χ0v) is 14.5.